The predicted octanol–water partition coefficient (Wildman–Crippen LogP) is 2.45. The van der Waals surface area contributed by atoms with Crippen LogP contribution in [0.2, 0.25) is 0 Å². The average molecular weight is 331 g/mol. The molecule has 4 nitrogen and oxygen atoms in total. The van der Waals surface area contributed by atoms with Gasteiger partial charge in [0.2, 0.25) is 0 Å². The number of aliphatic hydroxyl groups is 1. The van der Waals surface area contributed by atoms with Crippen molar-refractivity contribution < 1.29 is 14.1 Å². The van der Waals surface area contributed by atoms with Gasteiger partial charge < -0.3 is 10.4 Å². The van der Waals surface area contributed by atoms with Crippen LogP contribution in [0.15, 0.2) is 59.5 Å². The van der Waals surface area contributed by atoms with Gasteiger partial charge in [0.05, 0.1) is 27.8 Å². The van der Waals surface area contributed by atoms with Crippen molar-refractivity contribution in [3.8, 4) is 0 Å². The summed E-state index contributed by atoms with van der Waals surface area (Å²) in [6.07, 6.45) is 0. The van der Waals surface area contributed by atoms with Gasteiger partial charge in [-0.3, -0.25) is 9.00 Å². The standard InChI is InChI=1S/C18H21NO3S/c1-3-23(22)16-12-8-7-11-15(16)17(20)19-13-18(2,21)14-9-5-4-6-10-14/h4-12,21H,3,13H2,1-2H3,(H,19,20). The minimum Gasteiger partial charge on any atom is -0.384 e. The van der Waals surface area contributed by atoms with E-state index in [1.807, 2.05) is 37.3 Å². The number of amides is 1. The van der Waals surface area contributed by atoms with Gasteiger partial charge in [0.15, 0.2) is 0 Å². The summed E-state index contributed by atoms with van der Waals surface area (Å²) < 4.78 is 12.0. The average Bonchev–Trinajstić information content (AvgIpc) is 2.59. The number of benzene rings is 2. The van der Waals surface area contributed by atoms with Crippen LogP contribution in [0.4, 0.5) is 0 Å². The minimum absolute atomic E-state index is 0.0724. The maximum Gasteiger partial charge on any atom is 0.252 e. The van der Waals surface area contributed by atoms with Crippen LogP contribution in [0.25, 0.3) is 0 Å². The number of hydrogen-bond acceptors (Lipinski definition) is 3. The zero-order chi connectivity index (χ0) is 16.9. The summed E-state index contributed by atoms with van der Waals surface area (Å²) in [5.74, 6) is 0.116. The Morgan fingerprint density at radius 3 is 2.39 bits per heavy atom. The molecule has 1 amide bonds. The van der Waals surface area contributed by atoms with Gasteiger partial charge in [0.1, 0.15) is 5.60 Å². The maximum atomic E-state index is 12.4. The molecule has 0 aromatic heterocycles. The van der Waals surface area contributed by atoms with Crippen molar-refractivity contribution in [2.75, 3.05) is 12.3 Å². The highest BCUT2D eigenvalue weighted by molar-refractivity contribution is 7.85. The molecule has 5 heteroatoms. The van der Waals surface area contributed by atoms with Gasteiger partial charge in [-0.15, -0.1) is 0 Å². The fraction of sp³-hybridized carbons (Fsp3) is 0.278. The normalized spacial score (nSPS) is 14.7. The third kappa shape index (κ3) is 4.27. The van der Waals surface area contributed by atoms with Gasteiger partial charge in [0.25, 0.3) is 5.91 Å². The summed E-state index contributed by atoms with van der Waals surface area (Å²) in [5, 5.41) is 13.3. The van der Waals surface area contributed by atoms with E-state index in [0.717, 1.165) is 5.56 Å². The number of rotatable bonds is 6. The van der Waals surface area contributed by atoms with Crippen molar-refractivity contribution in [3.63, 3.8) is 0 Å². The second-order valence-electron chi connectivity index (χ2n) is 5.45. The molecule has 0 aliphatic rings. The van der Waals surface area contributed by atoms with E-state index in [9.17, 15) is 14.1 Å². The lowest BCUT2D eigenvalue weighted by molar-refractivity contribution is 0.0525. The lowest BCUT2D eigenvalue weighted by atomic mass is 9.96. The minimum atomic E-state index is -1.21. The van der Waals surface area contributed by atoms with Crippen LogP contribution >= 0.6 is 0 Å². The number of hydrogen-bond donors (Lipinski definition) is 2. The highest BCUT2D eigenvalue weighted by Crippen LogP contribution is 2.20. The first-order valence-electron chi connectivity index (χ1n) is 7.49. The molecular formula is C18H21NO3S. The van der Waals surface area contributed by atoms with Crippen LogP contribution in [0.1, 0.15) is 29.8 Å². The Bertz CT molecular complexity index is 698. The molecule has 2 unspecified atom stereocenters. The van der Waals surface area contributed by atoms with Gasteiger partial charge in [-0.1, -0.05) is 49.4 Å². The lowest BCUT2D eigenvalue weighted by Gasteiger charge is -2.24. The first kappa shape index (κ1) is 17.4. The van der Waals surface area contributed by atoms with Crippen molar-refractivity contribution in [1.29, 1.82) is 0 Å². The van der Waals surface area contributed by atoms with Crippen LogP contribution < -0.4 is 5.32 Å². The molecule has 2 N–H and O–H groups in total. The van der Waals surface area contributed by atoms with Crippen LogP contribution in [0.3, 0.4) is 0 Å². The number of carbonyl (C=O) groups is 1. The van der Waals surface area contributed by atoms with E-state index in [1.54, 1.807) is 31.2 Å². The molecule has 2 aromatic carbocycles. The van der Waals surface area contributed by atoms with Gasteiger partial charge in [0, 0.05) is 5.75 Å². The Balaban J connectivity index is 2.13. The molecule has 0 aliphatic heterocycles. The zero-order valence-electron chi connectivity index (χ0n) is 13.3. The van der Waals surface area contributed by atoms with Crippen molar-refractivity contribution in [2.24, 2.45) is 0 Å². The topological polar surface area (TPSA) is 66.4 Å². The lowest BCUT2D eigenvalue weighted by Crippen LogP contribution is -2.38. The maximum absolute atomic E-state index is 12.4. The van der Waals surface area contributed by atoms with E-state index in [2.05, 4.69) is 5.32 Å². The van der Waals surface area contributed by atoms with Crippen LogP contribution in [-0.4, -0.2) is 27.5 Å². The van der Waals surface area contributed by atoms with Crippen molar-refractivity contribution in [2.45, 2.75) is 24.3 Å². The molecule has 0 aliphatic carbocycles. The molecule has 2 aromatic rings. The molecule has 0 radical (unpaired) electrons. The van der Waals surface area contributed by atoms with Crippen LogP contribution in [0, 0.1) is 0 Å². The van der Waals surface area contributed by atoms with E-state index in [4.69, 9.17) is 0 Å². The highest BCUT2D eigenvalue weighted by atomic mass is 32.2. The second kappa shape index (κ2) is 7.53. The second-order valence-corrected chi connectivity index (χ2v) is 7.16. The third-order valence-electron chi connectivity index (χ3n) is 3.63. The molecular weight excluding hydrogens is 310 g/mol. The van der Waals surface area contributed by atoms with E-state index in [1.165, 1.54) is 0 Å². The monoisotopic (exact) mass is 331 g/mol. The summed E-state index contributed by atoms with van der Waals surface area (Å²) in [6.45, 7) is 3.53. The molecule has 23 heavy (non-hydrogen) atoms. The fourth-order valence-corrected chi connectivity index (χ4v) is 3.20. The summed E-state index contributed by atoms with van der Waals surface area (Å²) >= 11 is 0. The molecule has 0 bridgehead atoms. The smallest absolute Gasteiger partial charge is 0.252 e. The van der Waals surface area contributed by atoms with Gasteiger partial charge in [-0.2, -0.15) is 0 Å². The predicted molar refractivity (Wildman–Crippen MR) is 91.7 cm³/mol. The highest BCUT2D eigenvalue weighted by Gasteiger charge is 2.24. The Hall–Kier alpha value is -1.98. The molecule has 0 fully saturated rings. The van der Waals surface area contributed by atoms with Crippen LogP contribution in [0.5, 0.6) is 0 Å². The van der Waals surface area contributed by atoms with E-state index < -0.39 is 16.4 Å². The SMILES string of the molecule is CCS(=O)c1ccccc1C(=O)NCC(C)(O)c1ccccc1. The van der Waals surface area contributed by atoms with Crippen LogP contribution in [-0.2, 0) is 16.4 Å². The van der Waals surface area contributed by atoms with Crippen molar-refractivity contribution in [3.05, 3.63) is 65.7 Å². The molecule has 0 heterocycles. The van der Waals surface area contributed by atoms with Crippen molar-refractivity contribution >= 4 is 16.7 Å². The van der Waals surface area contributed by atoms with Gasteiger partial charge in [-0.25, -0.2) is 0 Å². The largest absolute Gasteiger partial charge is 0.384 e. The van der Waals surface area contributed by atoms with Crippen molar-refractivity contribution in [1.82, 2.24) is 5.32 Å². The third-order valence-corrected chi connectivity index (χ3v) is 5.00. The first-order valence-corrected chi connectivity index (χ1v) is 8.81. The van der Waals surface area contributed by atoms with E-state index >= 15 is 0 Å². The Morgan fingerprint density at radius 1 is 1.13 bits per heavy atom. The number of nitrogens with one attached hydrogen (secondary N) is 1. The zero-order valence-corrected chi connectivity index (χ0v) is 14.1. The fourth-order valence-electron chi connectivity index (χ4n) is 2.26. The summed E-state index contributed by atoms with van der Waals surface area (Å²) in [7, 11) is -1.21. The summed E-state index contributed by atoms with van der Waals surface area (Å²) in [5.41, 5.74) is -0.0577. The summed E-state index contributed by atoms with van der Waals surface area (Å²) in [4.78, 5) is 12.9. The molecule has 2 atom stereocenters. The van der Waals surface area contributed by atoms with Gasteiger partial charge >= 0.3 is 0 Å². The summed E-state index contributed by atoms with van der Waals surface area (Å²) in [6, 6.07) is 16.0. The Kier molecular flexibility index (Phi) is 5.69. The molecule has 0 spiro atoms. The van der Waals surface area contributed by atoms with E-state index in [0.29, 0.717) is 16.2 Å². The molecule has 0 saturated heterocycles. The molecule has 0 saturated carbocycles. The number of carbonyl (C=O) groups excluding carboxylic acids is 1. The van der Waals surface area contributed by atoms with Gasteiger partial charge in [-0.05, 0) is 24.6 Å². The molecule has 2 rings (SSSR count). The first-order chi connectivity index (χ1) is 11.0. The quantitative estimate of drug-likeness (QED) is 0.854. The Labute approximate surface area is 139 Å². The van der Waals surface area contributed by atoms with E-state index in [-0.39, 0.29) is 12.5 Å². The molecule has 122 valence electrons. The Morgan fingerprint density at radius 2 is 1.74 bits per heavy atom.